The largest absolute Gasteiger partial charge is 0.487 e. The van der Waals surface area contributed by atoms with Crippen molar-refractivity contribution >= 4 is 34.9 Å². The number of hydrogen-bond donors (Lipinski definition) is 3. The molecule has 1 amide bonds. The minimum atomic E-state index is -0.594. The molecule has 0 aliphatic heterocycles. The quantitative estimate of drug-likeness (QED) is 0.408. The second-order valence-electron chi connectivity index (χ2n) is 8.33. The lowest BCUT2D eigenvalue weighted by Crippen LogP contribution is -2.32. The summed E-state index contributed by atoms with van der Waals surface area (Å²) < 4.78 is 24.2. The molecule has 0 bridgehead atoms. The topological polar surface area (TPSA) is 111 Å². The molecule has 3 aromatic rings. The fraction of sp³-hybridized carbons (Fsp3) is 0.240. The van der Waals surface area contributed by atoms with E-state index in [1.54, 1.807) is 51.1 Å². The molecule has 8 nitrogen and oxygen atoms in total. The van der Waals surface area contributed by atoms with Gasteiger partial charge in [-0.25, -0.2) is 19.2 Å². The Hall–Kier alpha value is -4.03. The number of nitrogens with one attached hydrogen (secondary N) is 2. The predicted octanol–water partition coefficient (Wildman–Crippen LogP) is 5.05. The third kappa shape index (κ3) is 8.05. The van der Waals surface area contributed by atoms with Gasteiger partial charge in [-0.1, -0.05) is 29.7 Å². The highest BCUT2D eigenvalue weighted by atomic mass is 35.5. The number of nitrogens with zero attached hydrogens (tertiary/aromatic N) is 2. The van der Waals surface area contributed by atoms with Gasteiger partial charge in [-0.3, -0.25) is 0 Å². The van der Waals surface area contributed by atoms with Gasteiger partial charge in [0.25, 0.3) is 0 Å². The van der Waals surface area contributed by atoms with Crippen LogP contribution in [0.5, 0.6) is 5.75 Å². The van der Waals surface area contributed by atoms with Gasteiger partial charge in [0.15, 0.2) is 5.82 Å². The molecule has 0 unspecified atom stereocenters. The number of carbonyl (C=O) groups is 1. The maximum Gasteiger partial charge on any atom is 0.408 e. The summed E-state index contributed by atoms with van der Waals surface area (Å²) in [5.74, 6) is 6.04. The van der Waals surface area contributed by atoms with Crippen molar-refractivity contribution in [1.82, 2.24) is 15.3 Å². The van der Waals surface area contributed by atoms with E-state index in [-0.39, 0.29) is 24.7 Å². The van der Waals surface area contributed by atoms with Crippen LogP contribution in [0.1, 0.15) is 32.0 Å². The molecule has 0 spiro atoms. The molecule has 35 heavy (non-hydrogen) atoms. The Morgan fingerprint density at radius 3 is 2.71 bits per heavy atom. The van der Waals surface area contributed by atoms with Crippen molar-refractivity contribution in [1.29, 1.82) is 0 Å². The second kappa shape index (κ2) is 11.4. The van der Waals surface area contributed by atoms with Crippen LogP contribution in [0.3, 0.4) is 0 Å². The van der Waals surface area contributed by atoms with Crippen LogP contribution in [0.15, 0.2) is 48.8 Å². The van der Waals surface area contributed by atoms with Gasteiger partial charge in [0.1, 0.15) is 41.5 Å². The average Bonchev–Trinajstić information content (AvgIpc) is 2.77. The molecule has 10 heteroatoms. The number of nitrogens with two attached hydrogens (primary N) is 1. The minimum absolute atomic E-state index is 0.0633. The highest BCUT2D eigenvalue weighted by Gasteiger charge is 2.15. The number of carbonyl (C=O) groups excluding carboxylic acids is 1. The number of ether oxygens (including phenoxy) is 2. The Morgan fingerprint density at radius 2 is 2.00 bits per heavy atom. The maximum atomic E-state index is 13.3. The molecular weight excluding hydrogens is 473 g/mol. The molecule has 3 rings (SSSR count). The third-order valence-electron chi connectivity index (χ3n) is 4.29. The molecule has 182 valence electrons. The summed E-state index contributed by atoms with van der Waals surface area (Å²) in [7, 11) is 0. The number of amides is 1. The summed E-state index contributed by atoms with van der Waals surface area (Å²) in [5.41, 5.74) is 7.40. The standard InChI is InChI=1S/C25H25ClFN5O3/c1-25(2,3)35-24(33)29-11-5-8-20-22(28)23(31-15-30-20)32-18-9-10-21(19(26)13-18)34-14-16-6-4-7-17(27)12-16/h4,6-7,9-10,12-13,15H,11,14,28H2,1-3H3,(H,29,33)(H,30,31,32). The number of halogens is 2. The Labute approximate surface area is 208 Å². The molecule has 0 aliphatic carbocycles. The zero-order chi connectivity index (χ0) is 25.4. The Morgan fingerprint density at radius 1 is 1.20 bits per heavy atom. The van der Waals surface area contributed by atoms with E-state index in [1.807, 2.05) is 0 Å². The van der Waals surface area contributed by atoms with Crippen LogP contribution in [-0.4, -0.2) is 28.2 Å². The fourth-order valence-electron chi connectivity index (χ4n) is 2.77. The van der Waals surface area contributed by atoms with Gasteiger partial charge in [0.2, 0.25) is 0 Å². The van der Waals surface area contributed by atoms with Crippen LogP contribution in [0.4, 0.5) is 26.4 Å². The number of aromatic nitrogens is 2. The second-order valence-corrected chi connectivity index (χ2v) is 8.74. The summed E-state index contributed by atoms with van der Waals surface area (Å²) >= 11 is 6.34. The molecule has 0 aliphatic rings. The number of alkyl carbamates (subject to hydrolysis) is 1. The number of hydrogen-bond acceptors (Lipinski definition) is 7. The SMILES string of the molecule is CC(C)(C)OC(=O)NCC#Cc1ncnc(Nc2ccc(OCc3cccc(F)c3)c(Cl)c2)c1N. The number of nitrogen functional groups attached to an aromatic ring is 1. The van der Waals surface area contributed by atoms with Crippen molar-refractivity contribution < 1.29 is 18.7 Å². The van der Waals surface area contributed by atoms with E-state index in [4.69, 9.17) is 26.8 Å². The fourth-order valence-corrected chi connectivity index (χ4v) is 3.01. The van der Waals surface area contributed by atoms with Crippen molar-refractivity contribution in [2.75, 3.05) is 17.6 Å². The van der Waals surface area contributed by atoms with Gasteiger partial charge >= 0.3 is 6.09 Å². The number of anilines is 3. The van der Waals surface area contributed by atoms with Crippen molar-refractivity contribution in [2.24, 2.45) is 0 Å². The van der Waals surface area contributed by atoms with Crippen LogP contribution in [0.2, 0.25) is 5.02 Å². The van der Waals surface area contributed by atoms with E-state index in [9.17, 15) is 9.18 Å². The lowest BCUT2D eigenvalue weighted by Gasteiger charge is -2.19. The first kappa shape index (κ1) is 25.6. The van der Waals surface area contributed by atoms with Gasteiger partial charge < -0.3 is 25.8 Å². The Balaban J connectivity index is 1.62. The summed E-state index contributed by atoms with van der Waals surface area (Å²) in [6.45, 7) is 5.56. The monoisotopic (exact) mass is 497 g/mol. The average molecular weight is 498 g/mol. The normalized spacial score (nSPS) is 10.7. The van der Waals surface area contributed by atoms with Gasteiger partial charge in [0.05, 0.1) is 11.6 Å². The smallest absolute Gasteiger partial charge is 0.408 e. The summed E-state index contributed by atoms with van der Waals surface area (Å²) in [5, 5.41) is 5.97. The first-order valence-corrected chi connectivity index (χ1v) is 11.0. The van der Waals surface area contributed by atoms with Gasteiger partial charge in [-0.05, 0) is 62.6 Å². The van der Waals surface area contributed by atoms with E-state index in [2.05, 4.69) is 32.4 Å². The van der Waals surface area contributed by atoms with Crippen molar-refractivity contribution in [2.45, 2.75) is 33.0 Å². The van der Waals surface area contributed by atoms with Crippen molar-refractivity contribution in [3.8, 4) is 17.6 Å². The van der Waals surface area contributed by atoms with E-state index >= 15 is 0 Å². The van der Waals surface area contributed by atoms with E-state index < -0.39 is 11.7 Å². The molecule has 0 fully saturated rings. The van der Waals surface area contributed by atoms with Crippen molar-refractivity contribution in [3.05, 3.63) is 70.9 Å². The summed E-state index contributed by atoms with van der Waals surface area (Å²) in [6.07, 6.45) is 0.757. The van der Waals surface area contributed by atoms with E-state index in [1.165, 1.54) is 18.5 Å². The molecular formula is C25H25ClFN5O3. The Kier molecular flexibility index (Phi) is 8.34. The molecule has 1 aromatic heterocycles. The van der Waals surface area contributed by atoms with Gasteiger partial charge in [0, 0.05) is 5.69 Å². The molecule has 4 N–H and O–H groups in total. The molecule has 1 heterocycles. The van der Waals surface area contributed by atoms with E-state index in [0.717, 1.165) is 0 Å². The number of benzene rings is 2. The number of rotatable bonds is 6. The van der Waals surface area contributed by atoms with Crippen LogP contribution in [-0.2, 0) is 11.3 Å². The molecule has 0 radical (unpaired) electrons. The van der Waals surface area contributed by atoms with Crippen LogP contribution < -0.4 is 21.1 Å². The maximum absolute atomic E-state index is 13.3. The van der Waals surface area contributed by atoms with Crippen LogP contribution in [0, 0.1) is 17.7 Å². The zero-order valence-corrected chi connectivity index (χ0v) is 20.2. The summed E-state index contributed by atoms with van der Waals surface area (Å²) in [6, 6.07) is 11.2. The van der Waals surface area contributed by atoms with Gasteiger partial charge in [-0.2, -0.15) is 0 Å². The summed E-state index contributed by atoms with van der Waals surface area (Å²) in [4.78, 5) is 19.9. The lowest BCUT2D eigenvalue weighted by atomic mass is 10.2. The lowest BCUT2D eigenvalue weighted by molar-refractivity contribution is 0.0535. The first-order chi connectivity index (χ1) is 16.6. The Bertz CT molecular complexity index is 1270. The zero-order valence-electron chi connectivity index (χ0n) is 19.5. The molecule has 0 atom stereocenters. The highest BCUT2D eigenvalue weighted by Crippen LogP contribution is 2.31. The molecule has 2 aromatic carbocycles. The third-order valence-corrected chi connectivity index (χ3v) is 4.58. The molecule has 0 saturated heterocycles. The van der Waals surface area contributed by atoms with E-state index in [0.29, 0.717) is 33.5 Å². The first-order valence-electron chi connectivity index (χ1n) is 10.6. The highest BCUT2D eigenvalue weighted by molar-refractivity contribution is 6.32. The molecule has 0 saturated carbocycles. The predicted molar refractivity (Wildman–Crippen MR) is 133 cm³/mol. The van der Waals surface area contributed by atoms with Gasteiger partial charge in [-0.15, -0.1) is 0 Å². The van der Waals surface area contributed by atoms with Crippen LogP contribution >= 0.6 is 11.6 Å². The van der Waals surface area contributed by atoms with Crippen LogP contribution in [0.25, 0.3) is 0 Å². The van der Waals surface area contributed by atoms with Crippen molar-refractivity contribution in [3.63, 3.8) is 0 Å². The minimum Gasteiger partial charge on any atom is -0.487 e.